The van der Waals surface area contributed by atoms with E-state index in [2.05, 4.69) is 28.2 Å². The van der Waals surface area contributed by atoms with Gasteiger partial charge in [-0.1, -0.05) is 0 Å². The summed E-state index contributed by atoms with van der Waals surface area (Å²) in [7, 11) is 0. The van der Waals surface area contributed by atoms with Crippen LogP contribution >= 0.6 is 39.0 Å². The van der Waals surface area contributed by atoms with Crippen LogP contribution in [0.3, 0.4) is 0 Å². The number of nitrogens with one attached hydrogen (secondary N) is 1. The molecule has 1 amide bonds. The smallest absolute Gasteiger partial charge is 0.261 e. The van der Waals surface area contributed by atoms with Gasteiger partial charge in [-0.05, 0) is 53.6 Å². The van der Waals surface area contributed by atoms with Crippen LogP contribution in [0.2, 0.25) is 0 Å². The van der Waals surface area contributed by atoms with Crippen LogP contribution in [0, 0.1) is 0 Å². The van der Waals surface area contributed by atoms with Gasteiger partial charge in [-0.3, -0.25) is 4.79 Å². The zero-order valence-corrected chi connectivity index (χ0v) is 12.3. The second-order valence-corrected chi connectivity index (χ2v) is 8.33. The quantitative estimate of drug-likeness (QED) is 0.923. The molecule has 1 N–H and O–H groups in total. The average Bonchev–Trinajstić information content (AvgIpc) is 2.85. The standard InChI is InChI=1S/C11H14BrNOS2/c1-11(5-2-6-15-11)7-13-10(14)8-3-4-9(12)16-8/h3-4H,2,5-7H2,1H3,(H,13,14). The van der Waals surface area contributed by atoms with Gasteiger partial charge in [0.1, 0.15) is 0 Å². The molecule has 1 aliphatic rings. The van der Waals surface area contributed by atoms with E-state index < -0.39 is 0 Å². The number of hydrogen-bond donors (Lipinski definition) is 1. The van der Waals surface area contributed by atoms with Crippen LogP contribution in [-0.4, -0.2) is 23.0 Å². The Balaban J connectivity index is 1.88. The van der Waals surface area contributed by atoms with Gasteiger partial charge in [-0.15, -0.1) is 11.3 Å². The zero-order valence-electron chi connectivity index (χ0n) is 9.09. The molecule has 0 aliphatic carbocycles. The third-order valence-electron chi connectivity index (χ3n) is 2.72. The lowest BCUT2D eigenvalue weighted by Crippen LogP contribution is -2.36. The Morgan fingerprint density at radius 3 is 3.00 bits per heavy atom. The van der Waals surface area contributed by atoms with Crippen molar-refractivity contribution in [3.63, 3.8) is 0 Å². The van der Waals surface area contributed by atoms with Gasteiger partial charge in [0, 0.05) is 11.3 Å². The summed E-state index contributed by atoms with van der Waals surface area (Å²) in [4.78, 5) is 12.6. The number of rotatable bonds is 3. The van der Waals surface area contributed by atoms with Gasteiger partial charge in [0.2, 0.25) is 0 Å². The Hall–Kier alpha value is -0.000000000000000111. The maximum Gasteiger partial charge on any atom is 0.261 e. The number of carbonyl (C=O) groups is 1. The van der Waals surface area contributed by atoms with Crippen LogP contribution in [0.5, 0.6) is 0 Å². The van der Waals surface area contributed by atoms with Gasteiger partial charge < -0.3 is 5.32 Å². The Morgan fingerprint density at radius 2 is 2.44 bits per heavy atom. The molecule has 1 fully saturated rings. The van der Waals surface area contributed by atoms with Crippen molar-refractivity contribution in [2.45, 2.75) is 24.5 Å². The van der Waals surface area contributed by atoms with Crippen LogP contribution in [0.15, 0.2) is 15.9 Å². The Morgan fingerprint density at radius 1 is 1.62 bits per heavy atom. The number of hydrogen-bond acceptors (Lipinski definition) is 3. The second kappa shape index (κ2) is 5.10. The number of amides is 1. The lowest BCUT2D eigenvalue weighted by atomic mass is 10.1. The first-order chi connectivity index (χ1) is 7.59. The molecule has 2 heterocycles. The summed E-state index contributed by atoms with van der Waals surface area (Å²) >= 11 is 6.80. The summed E-state index contributed by atoms with van der Waals surface area (Å²) in [6.45, 7) is 3.00. The number of carbonyl (C=O) groups excluding carboxylic acids is 1. The molecule has 1 aromatic rings. The van der Waals surface area contributed by atoms with Crippen molar-refractivity contribution in [2.75, 3.05) is 12.3 Å². The summed E-state index contributed by atoms with van der Waals surface area (Å²) < 4.78 is 1.24. The van der Waals surface area contributed by atoms with Gasteiger partial charge in [-0.25, -0.2) is 0 Å². The molecule has 0 spiro atoms. The molecule has 1 unspecified atom stereocenters. The van der Waals surface area contributed by atoms with E-state index in [1.807, 2.05) is 23.9 Å². The van der Waals surface area contributed by atoms with E-state index >= 15 is 0 Å². The van der Waals surface area contributed by atoms with Gasteiger partial charge in [-0.2, -0.15) is 11.8 Å². The lowest BCUT2D eigenvalue weighted by molar-refractivity contribution is 0.0954. The molecule has 1 aromatic heterocycles. The normalized spacial score (nSPS) is 24.6. The molecule has 1 saturated heterocycles. The van der Waals surface area contributed by atoms with Gasteiger partial charge in [0.25, 0.3) is 5.91 Å². The number of halogens is 1. The Bertz CT molecular complexity index is 385. The molecule has 5 heteroatoms. The molecule has 0 aromatic carbocycles. The number of thioether (sulfide) groups is 1. The van der Waals surface area contributed by atoms with Crippen molar-refractivity contribution < 1.29 is 4.79 Å². The topological polar surface area (TPSA) is 29.1 Å². The first-order valence-corrected chi connectivity index (χ1v) is 7.86. The van der Waals surface area contributed by atoms with E-state index in [0.29, 0.717) is 0 Å². The molecular weight excluding hydrogens is 306 g/mol. The highest BCUT2D eigenvalue weighted by atomic mass is 79.9. The fourth-order valence-electron chi connectivity index (χ4n) is 1.77. The van der Waals surface area contributed by atoms with E-state index in [1.54, 1.807) is 0 Å². The van der Waals surface area contributed by atoms with Gasteiger partial charge in [0.05, 0.1) is 8.66 Å². The summed E-state index contributed by atoms with van der Waals surface area (Å²) in [5.74, 6) is 1.26. The molecule has 0 radical (unpaired) electrons. The molecule has 0 saturated carbocycles. The monoisotopic (exact) mass is 319 g/mol. The highest BCUT2D eigenvalue weighted by Crippen LogP contribution is 2.37. The lowest BCUT2D eigenvalue weighted by Gasteiger charge is -2.22. The van der Waals surface area contributed by atoms with Crippen molar-refractivity contribution in [2.24, 2.45) is 0 Å². The zero-order chi connectivity index (χ0) is 11.6. The van der Waals surface area contributed by atoms with E-state index in [9.17, 15) is 4.79 Å². The fourth-order valence-corrected chi connectivity index (χ4v) is 4.31. The SMILES string of the molecule is CC1(CNC(=O)c2ccc(Br)s2)CCCS1. The molecule has 88 valence electrons. The van der Waals surface area contributed by atoms with Crippen LogP contribution in [0.25, 0.3) is 0 Å². The first-order valence-electron chi connectivity index (χ1n) is 5.27. The predicted molar refractivity (Wildman–Crippen MR) is 74.4 cm³/mol. The molecule has 1 aliphatic heterocycles. The van der Waals surface area contributed by atoms with Crippen LogP contribution in [0.1, 0.15) is 29.4 Å². The van der Waals surface area contributed by atoms with E-state index in [4.69, 9.17) is 0 Å². The minimum Gasteiger partial charge on any atom is -0.350 e. The Kier molecular flexibility index (Phi) is 3.97. The fraction of sp³-hybridized carbons (Fsp3) is 0.545. The minimum absolute atomic E-state index is 0.0458. The summed E-state index contributed by atoms with van der Waals surface area (Å²) in [6.07, 6.45) is 2.47. The molecule has 2 nitrogen and oxygen atoms in total. The van der Waals surface area contributed by atoms with Crippen molar-refractivity contribution in [3.8, 4) is 0 Å². The highest BCUT2D eigenvalue weighted by Gasteiger charge is 2.29. The maximum absolute atomic E-state index is 11.8. The highest BCUT2D eigenvalue weighted by molar-refractivity contribution is 9.11. The maximum atomic E-state index is 11.8. The van der Waals surface area contributed by atoms with E-state index in [0.717, 1.165) is 15.2 Å². The van der Waals surface area contributed by atoms with Crippen molar-refractivity contribution >= 4 is 44.9 Å². The molecule has 2 rings (SSSR count). The van der Waals surface area contributed by atoms with Crippen LogP contribution in [-0.2, 0) is 0 Å². The first kappa shape index (κ1) is 12.5. The summed E-state index contributed by atoms with van der Waals surface area (Å²) in [5.41, 5.74) is 0. The average molecular weight is 320 g/mol. The number of thiophene rings is 1. The molecular formula is C11H14BrNOS2. The largest absolute Gasteiger partial charge is 0.350 e. The van der Waals surface area contributed by atoms with E-state index in [1.165, 1.54) is 29.9 Å². The summed E-state index contributed by atoms with van der Waals surface area (Å²) in [5, 5.41) is 3.02. The van der Waals surface area contributed by atoms with Gasteiger partial charge in [0.15, 0.2) is 0 Å². The molecule has 0 bridgehead atoms. The second-order valence-electron chi connectivity index (χ2n) is 4.19. The molecule has 1 atom stereocenters. The van der Waals surface area contributed by atoms with Crippen LogP contribution < -0.4 is 5.32 Å². The van der Waals surface area contributed by atoms with Crippen molar-refractivity contribution in [1.29, 1.82) is 0 Å². The van der Waals surface area contributed by atoms with Gasteiger partial charge >= 0.3 is 0 Å². The third kappa shape index (κ3) is 3.02. The van der Waals surface area contributed by atoms with E-state index in [-0.39, 0.29) is 10.7 Å². The van der Waals surface area contributed by atoms with Crippen molar-refractivity contribution in [3.05, 3.63) is 20.8 Å². The third-order valence-corrected chi connectivity index (χ3v) is 5.88. The summed E-state index contributed by atoms with van der Waals surface area (Å²) in [6, 6.07) is 3.76. The van der Waals surface area contributed by atoms with Crippen LogP contribution in [0.4, 0.5) is 0 Å². The predicted octanol–water partition coefficient (Wildman–Crippen LogP) is 3.53. The Labute approximate surface area is 112 Å². The minimum atomic E-state index is 0.0458. The molecule has 16 heavy (non-hydrogen) atoms. The van der Waals surface area contributed by atoms with Crippen molar-refractivity contribution in [1.82, 2.24) is 5.32 Å².